The quantitative estimate of drug-likeness (QED) is 0.733. The molecule has 0 atom stereocenters. The number of hydrogen-bond acceptors (Lipinski definition) is 1. The molecule has 1 aromatic rings. The third kappa shape index (κ3) is 3.28. The highest BCUT2D eigenvalue weighted by Gasteiger charge is 2.33. The summed E-state index contributed by atoms with van der Waals surface area (Å²) in [6, 6.07) is 3.47. The molecule has 0 aliphatic heterocycles. The first-order chi connectivity index (χ1) is 7.30. The van der Waals surface area contributed by atoms with Crippen molar-refractivity contribution < 1.29 is 18.0 Å². The lowest BCUT2D eigenvalue weighted by Crippen LogP contribution is -2.09. The number of rotatable bonds is 0. The number of nitrogens with two attached hydrogens (primary N) is 1. The fourth-order valence-electron chi connectivity index (χ4n) is 0.989. The number of primary amides is 1. The lowest BCUT2D eigenvalue weighted by Gasteiger charge is -2.09. The van der Waals surface area contributed by atoms with E-state index >= 15 is 0 Å². The van der Waals surface area contributed by atoms with Crippen molar-refractivity contribution in [3.8, 4) is 11.8 Å². The molecule has 1 rings (SSSR count). The van der Waals surface area contributed by atoms with Crippen LogP contribution < -0.4 is 5.73 Å². The summed E-state index contributed by atoms with van der Waals surface area (Å²) in [6.45, 7) is 0. The Morgan fingerprint density at radius 2 is 2.00 bits per heavy atom. The highest BCUT2D eigenvalue weighted by molar-refractivity contribution is 9.10. The molecule has 84 valence electrons. The molecule has 1 aromatic carbocycles. The Kier molecular flexibility index (Phi) is 3.60. The minimum absolute atomic E-state index is 0.282. The average Bonchev–Trinajstić information content (AvgIpc) is 2.14. The third-order valence-electron chi connectivity index (χ3n) is 1.61. The number of halogens is 4. The van der Waals surface area contributed by atoms with Crippen LogP contribution in [0.25, 0.3) is 0 Å². The molecule has 0 saturated carbocycles. The van der Waals surface area contributed by atoms with Gasteiger partial charge in [0.1, 0.15) is 0 Å². The fraction of sp³-hybridized carbons (Fsp3) is 0.100. The normalized spacial score (nSPS) is 10.5. The zero-order valence-electron chi connectivity index (χ0n) is 7.73. The molecule has 16 heavy (non-hydrogen) atoms. The Hall–Kier alpha value is -1.48. The first-order valence-electron chi connectivity index (χ1n) is 3.99. The van der Waals surface area contributed by atoms with E-state index in [0.717, 1.165) is 6.07 Å². The number of benzene rings is 1. The molecule has 1 amide bonds. The number of hydrogen-bond donors (Lipinski definition) is 1. The smallest absolute Gasteiger partial charge is 0.359 e. The Balaban J connectivity index is 3.31. The Bertz CT molecular complexity index is 485. The number of carbonyl (C=O) groups is 1. The molecular formula is C10H5BrF3NO. The van der Waals surface area contributed by atoms with Crippen molar-refractivity contribution in [3.05, 3.63) is 33.8 Å². The van der Waals surface area contributed by atoms with Crippen LogP contribution in [0.3, 0.4) is 0 Å². The Labute approximate surface area is 97.8 Å². The van der Waals surface area contributed by atoms with E-state index < -0.39 is 17.6 Å². The molecule has 6 heteroatoms. The van der Waals surface area contributed by atoms with Crippen LogP contribution >= 0.6 is 15.9 Å². The average molecular weight is 292 g/mol. The van der Waals surface area contributed by atoms with E-state index in [4.69, 9.17) is 5.73 Å². The van der Waals surface area contributed by atoms with E-state index in [-0.39, 0.29) is 10.0 Å². The van der Waals surface area contributed by atoms with E-state index in [0.29, 0.717) is 0 Å². The maximum Gasteiger partial charge on any atom is 0.417 e. The molecule has 0 unspecified atom stereocenters. The molecule has 0 aromatic heterocycles. The van der Waals surface area contributed by atoms with Crippen molar-refractivity contribution in [3.63, 3.8) is 0 Å². The Morgan fingerprint density at radius 3 is 2.50 bits per heavy atom. The molecule has 0 spiro atoms. The van der Waals surface area contributed by atoms with Crippen LogP contribution in [0.15, 0.2) is 22.7 Å². The van der Waals surface area contributed by atoms with Crippen LogP contribution in [0.4, 0.5) is 13.2 Å². The van der Waals surface area contributed by atoms with Crippen molar-refractivity contribution in [2.75, 3.05) is 0 Å². The molecule has 2 N–H and O–H groups in total. The standard InChI is InChI=1S/C10H5BrF3NO/c11-7-3-1-6(2-4-9(15)16)8(5-7)10(12,13)14/h1,3,5H,(H2,15,16). The van der Waals surface area contributed by atoms with Crippen molar-refractivity contribution >= 4 is 21.8 Å². The minimum Gasteiger partial charge on any atom is -0.359 e. The van der Waals surface area contributed by atoms with Gasteiger partial charge in [-0.2, -0.15) is 13.2 Å². The molecule has 0 aliphatic carbocycles. The SMILES string of the molecule is NC(=O)C#Cc1ccc(Br)cc1C(F)(F)F. The first kappa shape index (κ1) is 12.6. The first-order valence-corrected chi connectivity index (χ1v) is 4.78. The predicted octanol–water partition coefficient (Wildman–Crippen LogP) is 2.30. The van der Waals surface area contributed by atoms with Crippen LogP contribution in [-0.2, 0) is 11.0 Å². The number of amides is 1. The third-order valence-corrected chi connectivity index (χ3v) is 2.10. The molecule has 0 aliphatic rings. The van der Waals surface area contributed by atoms with Gasteiger partial charge in [-0.05, 0) is 24.1 Å². The van der Waals surface area contributed by atoms with Crippen LogP contribution in [0.1, 0.15) is 11.1 Å². The lowest BCUT2D eigenvalue weighted by molar-refractivity contribution is -0.137. The summed E-state index contributed by atoms with van der Waals surface area (Å²) in [6.07, 6.45) is -4.52. The van der Waals surface area contributed by atoms with Crippen LogP contribution in [0.5, 0.6) is 0 Å². The lowest BCUT2D eigenvalue weighted by atomic mass is 10.1. The summed E-state index contributed by atoms with van der Waals surface area (Å²) in [7, 11) is 0. The molecule has 2 nitrogen and oxygen atoms in total. The highest BCUT2D eigenvalue weighted by Crippen LogP contribution is 2.33. The van der Waals surface area contributed by atoms with Gasteiger partial charge in [-0.3, -0.25) is 4.79 Å². The van der Waals surface area contributed by atoms with Gasteiger partial charge in [0.25, 0.3) is 5.91 Å². The van der Waals surface area contributed by atoms with Crippen molar-refractivity contribution in [2.24, 2.45) is 5.73 Å². The van der Waals surface area contributed by atoms with Gasteiger partial charge in [-0.1, -0.05) is 21.9 Å². The largest absolute Gasteiger partial charge is 0.417 e. The summed E-state index contributed by atoms with van der Waals surface area (Å²) < 4.78 is 37.9. The zero-order valence-corrected chi connectivity index (χ0v) is 9.32. The van der Waals surface area contributed by atoms with Crippen molar-refractivity contribution in [1.82, 2.24) is 0 Å². The van der Waals surface area contributed by atoms with Crippen LogP contribution in [-0.4, -0.2) is 5.91 Å². The zero-order chi connectivity index (χ0) is 12.3. The Morgan fingerprint density at radius 1 is 1.38 bits per heavy atom. The highest BCUT2D eigenvalue weighted by atomic mass is 79.9. The van der Waals surface area contributed by atoms with Crippen LogP contribution in [0, 0.1) is 11.8 Å². The molecule has 0 saturated heterocycles. The number of carbonyl (C=O) groups excluding carboxylic acids is 1. The number of alkyl halides is 3. The van der Waals surface area contributed by atoms with Gasteiger partial charge in [-0.15, -0.1) is 0 Å². The van der Waals surface area contributed by atoms with Crippen LogP contribution in [0.2, 0.25) is 0 Å². The summed E-state index contributed by atoms with van der Waals surface area (Å²) in [5.74, 6) is 2.97. The molecule has 0 fully saturated rings. The summed E-state index contributed by atoms with van der Waals surface area (Å²) in [5.41, 5.74) is 3.54. The second-order valence-corrected chi connectivity index (χ2v) is 3.72. The van der Waals surface area contributed by atoms with E-state index in [9.17, 15) is 18.0 Å². The predicted molar refractivity (Wildman–Crippen MR) is 55.2 cm³/mol. The monoisotopic (exact) mass is 291 g/mol. The second-order valence-electron chi connectivity index (χ2n) is 2.80. The summed E-state index contributed by atoms with van der Waals surface area (Å²) in [4.78, 5) is 10.4. The second kappa shape index (κ2) is 4.58. The van der Waals surface area contributed by atoms with Gasteiger partial charge in [-0.25, -0.2) is 0 Å². The van der Waals surface area contributed by atoms with Gasteiger partial charge in [0.15, 0.2) is 0 Å². The van der Waals surface area contributed by atoms with Crippen molar-refractivity contribution in [2.45, 2.75) is 6.18 Å². The van der Waals surface area contributed by atoms with Gasteiger partial charge >= 0.3 is 6.18 Å². The van der Waals surface area contributed by atoms with E-state index in [2.05, 4.69) is 21.9 Å². The maximum atomic E-state index is 12.5. The summed E-state index contributed by atoms with van der Waals surface area (Å²) >= 11 is 2.93. The van der Waals surface area contributed by atoms with Gasteiger partial charge in [0, 0.05) is 10.0 Å². The maximum absolute atomic E-state index is 12.5. The van der Waals surface area contributed by atoms with Gasteiger partial charge in [0.05, 0.1) is 5.56 Å². The van der Waals surface area contributed by atoms with E-state index in [1.54, 1.807) is 0 Å². The van der Waals surface area contributed by atoms with Crippen molar-refractivity contribution in [1.29, 1.82) is 0 Å². The van der Waals surface area contributed by atoms with E-state index in [1.807, 2.05) is 5.92 Å². The van der Waals surface area contributed by atoms with Gasteiger partial charge in [0.2, 0.25) is 0 Å². The van der Waals surface area contributed by atoms with Gasteiger partial charge < -0.3 is 5.73 Å². The molecule has 0 heterocycles. The topological polar surface area (TPSA) is 43.1 Å². The molecule has 0 bridgehead atoms. The molecular weight excluding hydrogens is 287 g/mol. The summed E-state index contributed by atoms with van der Waals surface area (Å²) in [5, 5.41) is 0. The molecule has 0 radical (unpaired) electrons. The minimum atomic E-state index is -4.52. The van der Waals surface area contributed by atoms with E-state index in [1.165, 1.54) is 12.1 Å². The fourth-order valence-corrected chi connectivity index (χ4v) is 1.35.